The Morgan fingerprint density at radius 1 is 1.12 bits per heavy atom. The Bertz CT molecular complexity index is 1060. The molecule has 1 amide bonds. The highest BCUT2D eigenvalue weighted by atomic mass is 16.5. The number of unbranched alkanes of at least 4 members (excludes halogenated alkanes) is 1. The van der Waals surface area contributed by atoms with Gasteiger partial charge >= 0.3 is 0 Å². The smallest absolute Gasteiger partial charge is 0.295 e. The Labute approximate surface area is 195 Å². The fourth-order valence-corrected chi connectivity index (χ4v) is 4.03. The molecule has 0 saturated carbocycles. The van der Waals surface area contributed by atoms with Gasteiger partial charge < -0.3 is 19.5 Å². The van der Waals surface area contributed by atoms with E-state index in [0.717, 1.165) is 24.2 Å². The number of hydrogen-bond acceptors (Lipinski definition) is 5. The van der Waals surface area contributed by atoms with Crippen molar-refractivity contribution in [1.29, 1.82) is 0 Å². The molecule has 1 unspecified atom stereocenters. The zero-order chi connectivity index (χ0) is 24.1. The molecule has 1 aliphatic heterocycles. The quantitative estimate of drug-likeness (QED) is 0.320. The van der Waals surface area contributed by atoms with Crippen molar-refractivity contribution in [3.63, 3.8) is 0 Å². The van der Waals surface area contributed by atoms with Crippen LogP contribution in [0.3, 0.4) is 0 Å². The van der Waals surface area contributed by atoms with Crippen molar-refractivity contribution in [2.24, 2.45) is 5.92 Å². The third kappa shape index (κ3) is 5.05. The molecule has 176 valence electrons. The van der Waals surface area contributed by atoms with Crippen LogP contribution in [0.2, 0.25) is 0 Å². The van der Waals surface area contributed by atoms with Crippen molar-refractivity contribution in [1.82, 2.24) is 4.90 Å². The minimum Gasteiger partial charge on any atom is -0.507 e. The minimum atomic E-state index is -0.718. The average Bonchev–Trinajstić information content (AvgIpc) is 3.05. The van der Waals surface area contributed by atoms with E-state index in [1.54, 1.807) is 36.3 Å². The van der Waals surface area contributed by atoms with Crippen LogP contribution in [-0.2, 0) is 9.59 Å². The Balaban J connectivity index is 2.11. The summed E-state index contributed by atoms with van der Waals surface area (Å²) in [7, 11) is 1.55. The lowest BCUT2D eigenvalue weighted by Gasteiger charge is -2.26. The lowest BCUT2D eigenvalue weighted by atomic mass is 9.94. The largest absolute Gasteiger partial charge is 0.507 e. The molecular weight excluding hydrogens is 418 g/mol. The molecule has 33 heavy (non-hydrogen) atoms. The van der Waals surface area contributed by atoms with Gasteiger partial charge in [0.2, 0.25) is 0 Å². The average molecular weight is 452 g/mol. The Kier molecular flexibility index (Phi) is 7.79. The number of carbonyl (C=O) groups is 2. The normalized spacial score (nSPS) is 17.6. The molecule has 1 fully saturated rings. The molecule has 6 heteroatoms. The number of methoxy groups -OCH3 is 1. The predicted molar refractivity (Wildman–Crippen MR) is 128 cm³/mol. The zero-order valence-electron chi connectivity index (χ0n) is 20.1. The first-order valence-corrected chi connectivity index (χ1v) is 11.4. The number of rotatable bonds is 9. The second-order valence-corrected chi connectivity index (χ2v) is 8.77. The number of aliphatic hydroxyl groups is 1. The number of ketones is 1. The molecule has 0 radical (unpaired) electrons. The molecule has 0 aromatic heterocycles. The van der Waals surface area contributed by atoms with E-state index in [2.05, 4.69) is 13.8 Å². The lowest BCUT2D eigenvalue weighted by molar-refractivity contribution is -0.139. The second kappa shape index (κ2) is 10.6. The number of carbonyl (C=O) groups excluding carboxylic acids is 2. The van der Waals surface area contributed by atoms with Crippen molar-refractivity contribution >= 4 is 17.4 Å². The van der Waals surface area contributed by atoms with Crippen LogP contribution in [0.15, 0.2) is 48.0 Å². The topological polar surface area (TPSA) is 76.1 Å². The zero-order valence-corrected chi connectivity index (χ0v) is 20.1. The molecule has 6 nitrogen and oxygen atoms in total. The van der Waals surface area contributed by atoms with E-state index in [9.17, 15) is 14.7 Å². The van der Waals surface area contributed by atoms with E-state index < -0.39 is 17.7 Å². The number of para-hydroxylation sites is 1. The van der Waals surface area contributed by atoms with E-state index in [1.807, 2.05) is 32.0 Å². The number of ether oxygens (including phenoxy) is 2. The summed E-state index contributed by atoms with van der Waals surface area (Å²) in [5, 5.41) is 11.3. The van der Waals surface area contributed by atoms with Crippen LogP contribution in [0.25, 0.3) is 5.76 Å². The first-order valence-electron chi connectivity index (χ1n) is 11.4. The van der Waals surface area contributed by atoms with Gasteiger partial charge in [-0.25, -0.2) is 0 Å². The fraction of sp³-hybridized carbons (Fsp3) is 0.407. The highest BCUT2D eigenvalue weighted by molar-refractivity contribution is 6.46. The van der Waals surface area contributed by atoms with Crippen molar-refractivity contribution < 1.29 is 24.2 Å². The van der Waals surface area contributed by atoms with Gasteiger partial charge in [0.25, 0.3) is 11.7 Å². The lowest BCUT2D eigenvalue weighted by Crippen LogP contribution is -2.30. The molecule has 1 heterocycles. The van der Waals surface area contributed by atoms with Crippen LogP contribution in [-0.4, -0.2) is 42.0 Å². The summed E-state index contributed by atoms with van der Waals surface area (Å²) in [4.78, 5) is 27.7. The van der Waals surface area contributed by atoms with Crippen LogP contribution in [0.5, 0.6) is 11.5 Å². The summed E-state index contributed by atoms with van der Waals surface area (Å²) >= 11 is 0. The number of amides is 1. The number of aliphatic hydroxyl groups excluding tert-OH is 1. The van der Waals surface area contributed by atoms with Crippen LogP contribution in [0, 0.1) is 12.8 Å². The van der Waals surface area contributed by atoms with Gasteiger partial charge in [0, 0.05) is 17.7 Å². The standard InChI is InChI=1S/C27H33NO5/c1-6-7-14-28-24(20-10-8-9-11-22(20)32-5)23(26(30)27(28)31)25(29)19-12-13-21(18(4)15-19)33-16-17(2)3/h8-13,15,17,24,29H,6-7,14,16H2,1-5H3/b25-23+. The van der Waals surface area contributed by atoms with Crippen LogP contribution < -0.4 is 9.47 Å². The van der Waals surface area contributed by atoms with Gasteiger partial charge in [-0.1, -0.05) is 45.4 Å². The number of likely N-dealkylation sites (tertiary alicyclic amines) is 1. The third-order valence-electron chi connectivity index (χ3n) is 5.75. The summed E-state index contributed by atoms with van der Waals surface area (Å²) in [5.74, 6) is 0.196. The first kappa shape index (κ1) is 24.4. The maximum absolute atomic E-state index is 13.1. The van der Waals surface area contributed by atoms with E-state index >= 15 is 0 Å². The van der Waals surface area contributed by atoms with Gasteiger partial charge in [-0.2, -0.15) is 0 Å². The van der Waals surface area contributed by atoms with Crippen LogP contribution in [0.1, 0.15) is 56.3 Å². The van der Waals surface area contributed by atoms with Crippen molar-refractivity contribution in [3.05, 3.63) is 64.7 Å². The molecule has 1 atom stereocenters. The van der Waals surface area contributed by atoms with Crippen molar-refractivity contribution in [3.8, 4) is 11.5 Å². The molecule has 1 saturated heterocycles. The molecule has 3 rings (SSSR count). The van der Waals surface area contributed by atoms with Gasteiger partial charge in [0.1, 0.15) is 17.3 Å². The summed E-state index contributed by atoms with van der Waals surface area (Å²) in [5.41, 5.74) is 2.06. The monoisotopic (exact) mass is 451 g/mol. The second-order valence-electron chi connectivity index (χ2n) is 8.77. The van der Waals surface area contributed by atoms with Gasteiger partial charge in [0.05, 0.1) is 25.3 Å². The molecule has 1 aliphatic rings. The Morgan fingerprint density at radius 3 is 2.48 bits per heavy atom. The molecule has 2 aromatic rings. The van der Waals surface area contributed by atoms with Gasteiger partial charge in [0.15, 0.2) is 0 Å². The van der Waals surface area contributed by atoms with Gasteiger partial charge in [-0.3, -0.25) is 9.59 Å². The molecule has 0 bridgehead atoms. The Morgan fingerprint density at radius 2 is 1.85 bits per heavy atom. The SMILES string of the molecule is CCCCN1C(=O)C(=O)/C(=C(/O)c2ccc(OCC(C)C)c(C)c2)C1c1ccccc1OC. The number of hydrogen-bond donors (Lipinski definition) is 1. The third-order valence-corrected chi connectivity index (χ3v) is 5.75. The molecule has 0 spiro atoms. The molecule has 0 aliphatic carbocycles. The molecular formula is C27H33NO5. The summed E-state index contributed by atoms with van der Waals surface area (Å²) in [6.45, 7) is 9.07. The van der Waals surface area contributed by atoms with E-state index in [-0.39, 0.29) is 11.3 Å². The highest BCUT2D eigenvalue weighted by Gasteiger charge is 2.46. The van der Waals surface area contributed by atoms with Gasteiger partial charge in [-0.05, 0) is 49.1 Å². The number of nitrogens with zero attached hydrogens (tertiary/aromatic N) is 1. The van der Waals surface area contributed by atoms with E-state index in [4.69, 9.17) is 9.47 Å². The summed E-state index contributed by atoms with van der Waals surface area (Å²) < 4.78 is 11.4. The summed E-state index contributed by atoms with van der Waals surface area (Å²) in [6, 6.07) is 11.9. The maximum atomic E-state index is 13.1. The molecule has 2 aromatic carbocycles. The van der Waals surface area contributed by atoms with E-state index in [0.29, 0.717) is 35.9 Å². The van der Waals surface area contributed by atoms with Crippen LogP contribution in [0.4, 0.5) is 0 Å². The predicted octanol–water partition coefficient (Wildman–Crippen LogP) is 5.26. The highest BCUT2D eigenvalue weighted by Crippen LogP contribution is 2.43. The number of aryl methyl sites for hydroxylation is 1. The van der Waals surface area contributed by atoms with Gasteiger partial charge in [-0.15, -0.1) is 0 Å². The minimum absolute atomic E-state index is 0.0795. The fourth-order valence-electron chi connectivity index (χ4n) is 4.03. The van der Waals surface area contributed by atoms with Crippen LogP contribution >= 0.6 is 0 Å². The molecule has 1 N–H and O–H groups in total. The maximum Gasteiger partial charge on any atom is 0.295 e. The number of benzene rings is 2. The summed E-state index contributed by atoms with van der Waals surface area (Å²) in [6.07, 6.45) is 1.62. The van der Waals surface area contributed by atoms with E-state index in [1.165, 1.54) is 0 Å². The van der Waals surface area contributed by atoms with Crippen molar-refractivity contribution in [2.45, 2.75) is 46.6 Å². The van der Waals surface area contributed by atoms with Crippen molar-refractivity contribution in [2.75, 3.05) is 20.3 Å². The Hall–Kier alpha value is -3.28. The first-order chi connectivity index (χ1) is 15.8. The number of Topliss-reactive ketones (excluding diaryl/α,β-unsaturated/α-hetero) is 1.